The van der Waals surface area contributed by atoms with E-state index in [1.54, 1.807) is 41.3 Å². The van der Waals surface area contributed by atoms with E-state index in [1.807, 2.05) is 26.0 Å². The molecule has 2 aromatic rings. The van der Waals surface area contributed by atoms with Crippen molar-refractivity contribution in [3.63, 3.8) is 0 Å². The van der Waals surface area contributed by atoms with Gasteiger partial charge in [0.25, 0.3) is 11.7 Å². The van der Waals surface area contributed by atoms with Crippen LogP contribution in [0.1, 0.15) is 37.4 Å². The van der Waals surface area contributed by atoms with Crippen LogP contribution in [-0.2, 0) is 14.3 Å². The number of Topliss-reactive ketones (excluding diaryl/α,β-unsaturated/α-hetero) is 1. The molecular weight excluding hydrogens is 460 g/mol. The second kappa shape index (κ2) is 12.1. The number of carbonyl (C=O) groups is 2. The van der Waals surface area contributed by atoms with Crippen LogP contribution >= 0.6 is 0 Å². The van der Waals surface area contributed by atoms with Gasteiger partial charge in [0.2, 0.25) is 0 Å². The van der Waals surface area contributed by atoms with Gasteiger partial charge >= 0.3 is 0 Å². The maximum Gasteiger partial charge on any atom is 0.295 e. The number of aliphatic hydroxyl groups is 1. The van der Waals surface area contributed by atoms with Crippen molar-refractivity contribution in [3.05, 3.63) is 65.2 Å². The lowest BCUT2D eigenvalue weighted by atomic mass is 9.95. The number of carbonyl (C=O) groups excluding carboxylic acids is 2. The lowest BCUT2D eigenvalue weighted by Crippen LogP contribution is -2.39. The molecule has 0 bridgehead atoms. The molecule has 0 saturated carbocycles. The summed E-state index contributed by atoms with van der Waals surface area (Å²) in [5, 5.41) is 11.2. The van der Waals surface area contributed by atoms with E-state index < -0.39 is 17.7 Å². The first-order valence-corrected chi connectivity index (χ1v) is 12.6. The number of likely N-dealkylation sites (tertiary alicyclic amines) is 1. The van der Waals surface area contributed by atoms with Crippen LogP contribution < -0.4 is 9.47 Å². The molecule has 0 unspecified atom stereocenters. The summed E-state index contributed by atoms with van der Waals surface area (Å²) in [6.07, 6.45) is 0.699. The Morgan fingerprint density at radius 3 is 2.36 bits per heavy atom. The highest BCUT2D eigenvalue weighted by Crippen LogP contribution is 2.42. The molecule has 2 aliphatic heterocycles. The number of aliphatic hydroxyl groups excluding tert-OH is 1. The first kappa shape index (κ1) is 25.7. The standard InChI is InChI=1S/C28H34N2O6/c1-3-35-22-12-11-21(19-23(22)36-4-2)25-24(26(31)20-9-6-5-7-10-20)27(32)28(33)30(25)14-8-13-29-15-17-34-18-16-29/h5-7,9-12,19,25,31H,3-4,8,13-18H2,1-2H3/b26-24+/t25-/m1/s1. The molecule has 8 heteroatoms. The Kier molecular flexibility index (Phi) is 8.61. The van der Waals surface area contributed by atoms with Crippen LogP contribution in [0.2, 0.25) is 0 Å². The van der Waals surface area contributed by atoms with Crippen LogP contribution in [0, 0.1) is 0 Å². The molecule has 2 aliphatic rings. The van der Waals surface area contributed by atoms with Gasteiger partial charge in [-0.05, 0) is 38.0 Å². The smallest absolute Gasteiger partial charge is 0.295 e. The summed E-state index contributed by atoms with van der Waals surface area (Å²) in [6.45, 7) is 8.99. The number of morpholine rings is 1. The molecule has 2 heterocycles. The van der Waals surface area contributed by atoms with E-state index in [9.17, 15) is 14.7 Å². The fraction of sp³-hybridized carbons (Fsp3) is 0.429. The van der Waals surface area contributed by atoms with Gasteiger partial charge in [0.15, 0.2) is 11.5 Å². The maximum atomic E-state index is 13.3. The number of benzene rings is 2. The summed E-state index contributed by atoms with van der Waals surface area (Å²) in [7, 11) is 0. The van der Waals surface area contributed by atoms with Gasteiger partial charge in [-0.25, -0.2) is 0 Å². The second-order valence-corrected chi connectivity index (χ2v) is 8.74. The van der Waals surface area contributed by atoms with Gasteiger partial charge in [-0.2, -0.15) is 0 Å². The molecule has 8 nitrogen and oxygen atoms in total. The van der Waals surface area contributed by atoms with Crippen LogP contribution in [0.25, 0.3) is 5.76 Å². The molecule has 1 amide bonds. The summed E-state index contributed by atoms with van der Waals surface area (Å²) in [4.78, 5) is 30.4. The molecule has 1 atom stereocenters. The molecule has 2 aromatic carbocycles. The minimum atomic E-state index is -0.732. The van der Waals surface area contributed by atoms with Crippen molar-refractivity contribution in [3.8, 4) is 11.5 Å². The van der Waals surface area contributed by atoms with Crippen LogP contribution in [0.4, 0.5) is 0 Å². The first-order valence-electron chi connectivity index (χ1n) is 12.6. The Morgan fingerprint density at radius 2 is 1.67 bits per heavy atom. The van der Waals surface area contributed by atoms with Gasteiger partial charge in [0.1, 0.15) is 5.76 Å². The van der Waals surface area contributed by atoms with E-state index >= 15 is 0 Å². The number of hydrogen-bond donors (Lipinski definition) is 1. The number of rotatable bonds is 10. The Balaban J connectivity index is 1.71. The molecule has 0 aromatic heterocycles. The third-order valence-electron chi connectivity index (χ3n) is 6.45. The molecule has 0 spiro atoms. The quantitative estimate of drug-likeness (QED) is 0.307. The number of nitrogens with zero attached hydrogens (tertiary/aromatic N) is 2. The zero-order chi connectivity index (χ0) is 25.5. The summed E-state index contributed by atoms with van der Waals surface area (Å²) < 4.78 is 16.9. The van der Waals surface area contributed by atoms with Gasteiger partial charge < -0.3 is 24.2 Å². The molecule has 192 valence electrons. The zero-order valence-electron chi connectivity index (χ0n) is 20.9. The first-order chi connectivity index (χ1) is 17.5. The van der Waals surface area contributed by atoms with Crippen molar-refractivity contribution in [1.82, 2.24) is 9.80 Å². The van der Waals surface area contributed by atoms with E-state index in [2.05, 4.69) is 4.90 Å². The predicted molar refractivity (Wildman–Crippen MR) is 136 cm³/mol. The second-order valence-electron chi connectivity index (χ2n) is 8.74. The van der Waals surface area contributed by atoms with E-state index in [4.69, 9.17) is 14.2 Å². The molecule has 2 fully saturated rings. The zero-order valence-corrected chi connectivity index (χ0v) is 20.9. The Morgan fingerprint density at radius 1 is 0.972 bits per heavy atom. The highest BCUT2D eigenvalue weighted by molar-refractivity contribution is 6.46. The average molecular weight is 495 g/mol. The summed E-state index contributed by atoms with van der Waals surface area (Å²) in [5.41, 5.74) is 1.26. The van der Waals surface area contributed by atoms with E-state index in [0.717, 1.165) is 19.6 Å². The molecule has 0 radical (unpaired) electrons. The van der Waals surface area contributed by atoms with Gasteiger partial charge in [-0.3, -0.25) is 14.5 Å². The predicted octanol–water partition coefficient (Wildman–Crippen LogP) is 3.63. The minimum absolute atomic E-state index is 0.0872. The lowest BCUT2D eigenvalue weighted by Gasteiger charge is -2.29. The van der Waals surface area contributed by atoms with Crippen LogP contribution in [0.3, 0.4) is 0 Å². The fourth-order valence-corrected chi connectivity index (χ4v) is 4.74. The number of amides is 1. The molecule has 2 saturated heterocycles. The third kappa shape index (κ3) is 5.55. The van der Waals surface area contributed by atoms with Gasteiger partial charge in [0, 0.05) is 31.7 Å². The van der Waals surface area contributed by atoms with Crippen LogP contribution in [-0.4, -0.2) is 79.2 Å². The molecular formula is C28H34N2O6. The van der Waals surface area contributed by atoms with Gasteiger partial charge in [0.05, 0.1) is 38.0 Å². The number of ether oxygens (including phenoxy) is 3. The largest absolute Gasteiger partial charge is 0.507 e. The maximum absolute atomic E-state index is 13.3. The van der Waals surface area contributed by atoms with Crippen molar-refractivity contribution in [2.24, 2.45) is 0 Å². The van der Waals surface area contributed by atoms with Crippen LogP contribution in [0.15, 0.2) is 54.1 Å². The molecule has 1 N–H and O–H groups in total. The van der Waals surface area contributed by atoms with E-state index in [-0.39, 0.29) is 11.3 Å². The van der Waals surface area contributed by atoms with Gasteiger partial charge in [-0.15, -0.1) is 0 Å². The summed E-state index contributed by atoms with van der Waals surface area (Å²) in [5.74, 6) is -0.335. The van der Waals surface area contributed by atoms with Crippen molar-refractivity contribution in [2.75, 3.05) is 52.6 Å². The van der Waals surface area contributed by atoms with E-state index in [1.165, 1.54) is 0 Å². The highest BCUT2D eigenvalue weighted by atomic mass is 16.5. The van der Waals surface area contributed by atoms with Crippen LogP contribution in [0.5, 0.6) is 11.5 Å². The van der Waals surface area contributed by atoms with Crippen molar-refractivity contribution >= 4 is 17.4 Å². The summed E-state index contributed by atoms with van der Waals surface area (Å²) >= 11 is 0. The Bertz CT molecular complexity index is 1090. The SMILES string of the molecule is CCOc1ccc([C@@H]2/C(=C(\O)c3ccccc3)C(=O)C(=O)N2CCCN2CCOCC2)cc1OCC. The molecule has 0 aliphatic carbocycles. The lowest BCUT2D eigenvalue weighted by molar-refractivity contribution is -0.140. The van der Waals surface area contributed by atoms with E-state index in [0.29, 0.717) is 62.0 Å². The Labute approximate surface area is 212 Å². The van der Waals surface area contributed by atoms with Crippen molar-refractivity contribution < 1.29 is 28.9 Å². The third-order valence-corrected chi connectivity index (χ3v) is 6.45. The summed E-state index contributed by atoms with van der Waals surface area (Å²) in [6, 6.07) is 13.5. The Hall–Kier alpha value is -3.36. The monoisotopic (exact) mass is 494 g/mol. The van der Waals surface area contributed by atoms with Gasteiger partial charge in [-0.1, -0.05) is 36.4 Å². The normalized spacial score (nSPS) is 20.1. The van der Waals surface area contributed by atoms with Crippen molar-refractivity contribution in [1.29, 1.82) is 0 Å². The molecule has 4 rings (SSSR count). The topological polar surface area (TPSA) is 88.5 Å². The highest BCUT2D eigenvalue weighted by Gasteiger charge is 2.46. The minimum Gasteiger partial charge on any atom is -0.507 e. The van der Waals surface area contributed by atoms with Crippen molar-refractivity contribution in [2.45, 2.75) is 26.3 Å². The average Bonchev–Trinajstić information content (AvgIpc) is 3.16. The fourth-order valence-electron chi connectivity index (χ4n) is 4.74. The number of hydrogen-bond acceptors (Lipinski definition) is 7. The molecule has 36 heavy (non-hydrogen) atoms. The number of ketones is 1.